The zero-order valence-electron chi connectivity index (χ0n) is 11.3. The number of aromatic nitrogens is 1. The average Bonchev–Trinajstić information content (AvgIpc) is 2.47. The highest BCUT2D eigenvalue weighted by molar-refractivity contribution is 6.03. The van der Waals surface area contributed by atoms with Gasteiger partial charge in [-0.1, -0.05) is 12.1 Å². The molecule has 108 valence electrons. The fraction of sp³-hybridized carbons (Fsp3) is 0.133. The van der Waals surface area contributed by atoms with Crippen LogP contribution in [0.4, 0.5) is 10.1 Å². The predicted octanol–water partition coefficient (Wildman–Crippen LogP) is 2.54. The van der Waals surface area contributed by atoms with Gasteiger partial charge >= 0.3 is 5.97 Å². The van der Waals surface area contributed by atoms with E-state index >= 15 is 0 Å². The van der Waals surface area contributed by atoms with Crippen molar-refractivity contribution in [2.24, 2.45) is 0 Å². The summed E-state index contributed by atoms with van der Waals surface area (Å²) in [6.45, 7) is 1.23. The molecule has 1 heterocycles. The molecule has 6 heteroatoms. The summed E-state index contributed by atoms with van der Waals surface area (Å²) in [5.41, 5.74) is 0.947. The van der Waals surface area contributed by atoms with Crippen LogP contribution in [0.3, 0.4) is 0 Å². The molecule has 21 heavy (non-hydrogen) atoms. The minimum Gasteiger partial charge on any atom is -0.461 e. The number of carbonyl (C=O) groups excluding carboxylic acids is 2. The van der Waals surface area contributed by atoms with Crippen LogP contribution < -0.4 is 5.32 Å². The Bertz CT molecular complexity index is 659. The summed E-state index contributed by atoms with van der Waals surface area (Å²) in [4.78, 5) is 26.8. The Morgan fingerprint density at radius 1 is 1.29 bits per heavy atom. The molecule has 0 unspecified atom stereocenters. The monoisotopic (exact) mass is 288 g/mol. The van der Waals surface area contributed by atoms with Gasteiger partial charge in [0.15, 0.2) is 0 Å². The molecule has 2 aromatic rings. The van der Waals surface area contributed by atoms with Gasteiger partial charge in [-0.2, -0.15) is 0 Å². The maximum atomic E-state index is 13.3. The number of anilines is 1. The highest BCUT2D eigenvalue weighted by Gasteiger charge is 2.11. The maximum Gasteiger partial charge on any atom is 0.302 e. The van der Waals surface area contributed by atoms with Gasteiger partial charge in [0.2, 0.25) is 0 Å². The van der Waals surface area contributed by atoms with E-state index in [9.17, 15) is 14.0 Å². The van der Waals surface area contributed by atoms with Crippen LogP contribution in [0.15, 0.2) is 42.6 Å². The van der Waals surface area contributed by atoms with Gasteiger partial charge in [-0.05, 0) is 24.3 Å². The number of benzene rings is 1. The third kappa shape index (κ3) is 4.10. The molecule has 0 aliphatic carbocycles. The smallest absolute Gasteiger partial charge is 0.302 e. The van der Waals surface area contributed by atoms with Crippen LogP contribution in [-0.4, -0.2) is 16.9 Å². The lowest BCUT2D eigenvalue weighted by Gasteiger charge is -2.11. The van der Waals surface area contributed by atoms with Crippen LogP contribution in [0.25, 0.3) is 0 Å². The number of amides is 1. The van der Waals surface area contributed by atoms with Gasteiger partial charge < -0.3 is 10.1 Å². The van der Waals surface area contributed by atoms with Crippen LogP contribution in [0.2, 0.25) is 0 Å². The van der Waals surface area contributed by atoms with Crippen molar-refractivity contribution >= 4 is 17.6 Å². The molecule has 1 amide bonds. The van der Waals surface area contributed by atoms with E-state index in [0.717, 1.165) is 0 Å². The first-order valence-corrected chi connectivity index (χ1v) is 6.20. The lowest BCUT2D eigenvalue weighted by Crippen LogP contribution is -2.15. The summed E-state index contributed by atoms with van der Waals surface area (Å²) in [7, 11) is 0. The standard InChI is InChI=1S/C15H13FN2O3/c1-10(19)21-9-11-5-6-12(16)8-14(11)18-15(20)13-4-2-3-7-17-13/h2-8H,9H2,1H3,(H,18,20). The number of pyridine rings is 1. The van der Waals surface area contributed by atoms with E-state index in [0.29, 0.717) is 5.56 Å². The van der Waals surface area contributed by atoms with Crippen LogP contribution in [0.1, 0.15) is 23.0 Å². The van der Waals surface area contributed by atoms with Crippen molar-refractivity contribution in [1.29, 1.82) is 0 Å². The van der Waals surface area contributed by atoms with E-state index in [1.165, 1.54) is 31.3 Å². The first-order chi connectivity index (χ1) is 10.1. The second-order valence-corrected chi connectivity index (χ2v) is 4.25. The normalized spacial score (nSPS) is 10.0. The Balaban J connectivity index is 2.20. The van der Waals surface area contributed by atoms with E-state index in [-0.39, 0.29) is 18.0 Å². The van der Waals surface area contributed by atoms with E-state index in [2.05, 4.69) is 10.3 Å². The van der Waals surface area contributed by atoms with Crippen molar-refractivity contribution in [3.63, 3.8) is 0 Å². The zero-order chi connectivity index (χ0) is 15.2. The third-order valence-corrected chi connectivity index (χ3v) is 2.65. The Kier molecular flexibility index (Phi) is 4.61. The van der Waals surface area contributed by atoms with Gasteiger partial charge in [-0.25, -0.2) is 4.39 Å². The molecule has 0 bridgehead atoms. The fourth-order valence-electron chi connectivity index (χ4n) is 1.65. The number of esters is 1. The average molecular weight is 288 g/mol. The molecule has 5 nitrogen and oxygen atoms in total. The molecule has 1 N–H and O–H groups in total. The Labute approximate surface area is 120 Å². The van der Waals surface area contributed by atoms with E-state index in [1.807, 2.05) is 0 Å². The SMILES string of the molecule is CC(=O)OCc1ccc(F)cc1NC(=O)c1ccccn1. The Morgan fingerprint density at radius 2 is 2.10 bits per heavy atom. The van der Waals surface area contributed by atoms with Crippen LogP contribution in [0.5, 0.6) is 0 Å². The fourth-order valence-corrected chi connectivity index (χ4v) is 1.65. The van der Waals surface area contributed by atoms with E-state index in [4.69, 9.17) is 4.74 Å². The van der Waals surface area contributed by atoms with Crippen molar-refractivity contribution in [3.8, 4) is 0 Å². The number of rotatable bonds is 4. The maximum absolute atomic E-state index is 13.3. The van der Waals surface area contributed by atoms with Gasteiger partial charge in [0.25, 0.3) is 5.91 Å². The van der Waals surface area contributed by atoms with E-state index < -0.39 is 17.7 Å². The lowest BCUT2D eigenvalue weighted by atomic mass is 10.1. The molecule has 2 rings (SSSR count). The Hall–Kier alpha value is -2.76. The highest BCUT2D eigenvalue weighted by atomic mass is 19.1. The molecular weight excluding hydrogens is 275 g/mol. The van der Waals surface area contributed by atoms with Gasteiger partial charge in [0.05, 0.1) is 5.69 Å². The van der Waals surface area contributed by atoms with E-state index in [1.54, 1.807) is 18.2 Å². The molecular formula is C15H13FN2O3. The third-order valence-electron chi connectivity index (χ3n) is 2.65. The molecule has 0 fully saturated rings. The van der Waals surface area contributed by atoms with Crippen molar-refractivity contribution in [3.05, 3.63) is 59.7 Å². The van der Waals surface area contributed by atoms with Crippen molar-refractivity contribution in [2.75, 3.05) is 5.32 Å². The minimum atomic E-state index is -0.502. The molecule has 0 aliphatic heterocycles. The minimum absolute atomic E-state index is 0.0482. The zero-order valence-corrected chi connectivity index (χ0v) is 11.3. The highest BCUT2D eigenvalue weighted by Crippen LogP contribution is 2.19. The molecule has 0 saturated heterocycles. The topological polar surface area (TPSA) is 68.3 Å². The van der Waals surface area contributed by atoms with Gasteiger partial charge in [-0.3, -0.25) is 14.6 Å². The molecule has 0 aliphatic rings. The first kappa shape index (κ1) is 14.6. The van der Waals surface area contributed by atoms with Crippen LogP contribution in [-0.2, 0) is 16.1 Å². The molecule has 0 radical (unpaired) electrons. The number of halogens is 1. The summed E-state index contributed by atoms with van der Waals surface area (Å²) >= 11 is 0. The molecule has 1 aromatic heterocycles. The number of hydrogen-bond donors (Lipinski definition) is 1. The second-order valence-electron chi connectivity index (χ2n) is 4.25. The number of carbonyl (C=O) groups is 2. The number of ether oxygens (including phenoxy) is 1. The molecule has 0 saturated carbocycles. The summed E-state index contributed by atoms with van der Waals surface area (Å²) in [6.07, 6.45) is 1.49. The molecule has 1 aromatic carbocycles. The Morgan fingerprint density at radius 3 is 2.76 bits per heavy atom. The lowest BCUT2D eigenvalue weighted by molar-refractivity contribution is -0.142. The number of nitrogens with zero attached hydrogens (tertiary/aromatic N) is 1. The summed E-state index contributed by atoms with van der Waals surface area (Å²) < 4.78 is 18.2. The van der Waals surface area contributed by atoms with Crippen molar-refractivity contribution in [2.45, 2.75) is 13.5 Å². The van der Waals surface area contributed by atoms with Crippen molar-refractivity contribution < 1.29 is 18.7 Å². The van der Waals surface area contributed by atoms with Gasteiger partial charge in [0, 0.05) is 18.7 Å². The van der Waals surface area contributed by atoms with Gasteiger partial charge in [-0.15, -0.1) is 0 Å². The van der Waals surface area contributed by atoms with Crippen LogP contribution >= 0.6 is 0 Å². The largest absolute Gasteiger partial charge is 0.461 e. The van der Waals surface area contributed by atoms with Crippen molar-refractivity contribution in [1.82, 2.24) is 4.98 Å². The predicted molar refractivity (Wildman–Crippen MR) is 74.1 cm³/mol. The second kappa shape index (κ2) is 6.60. The van der Waals surface area contributed by atoms with Crippen LogP contribution in [0, 0.1) is 5.82 Å². The molecule has 0 spiro atoms. The number of hydrogen-bond acceptors (Lipinski definition) is 4. The van der Waals surface area contributed by atoms with Gasteiger partial charge in [0.1, 0.15) is 18.1 Å². The molecule has 0 atom stereocenters. The first-order valence-electron chi connectivity index (χ1n) is 6.20. The summed E-state index contributed by atoms with van der Waals surface area (Å²) in [5, 5.41) is 2.56. The summed E-state index contributed by atoms with van der Waals surface area (Å²) in [6, 6.07) is 8.75. The number of nitrogens with one attached hydrogen (secondary N) is 1. The quantitative estimate of drug-likeness (QED) is 0.878. The summed E-state index contributed by atoms with van der Waals surface area (Å²) in [5.74, 6) is -1.43.